The third-order valence-corrected chi connectivity index (χ3v) is 3.25. The molecule has 3 N–H and O–H groups in total. The highest BCUT2D eigenvalue weighted by Crippen LogP contribution is 2.24. The van der Waals surface area contributed by atoms with Crippen molar-refractivity contribution in [3.05, 3.63) is 48.9 Å². The fraction of sp³-hybridized carbons (Fsp3) is 0. The Bertz CT molecular complexity index is 942. The highest BCUT2D eigenvalue weighted by molar-refractivity contribution is 5.69. The van der Waals surface area contributed by atoms with Gasteiger partial charge in [0, 0.05) is 5.56 Å². The van der Waals surface area contributed by atoms with E-state index in [9.17, 15) is 5.11 Å². The maximum atomic E-state index is 9.36. The molecule has 0 amide bonds. The molecule has 0 unspecified atom stereocenters. The summed E-state index contributed by atoms with van der Waals surface area (Å²) in [5.41, 5.74) is 7.90. The van der Waals surface area contributed by atoms with Gasteiger partial charge in [-0.1, -0.05) is 0 Å². The summed E-state index contributed by atoms with van der Waals surface area (Å²) >= 11 is 0. The molecule has 0 aliphatic heterocycles. The maximum Gasteiger partial charge on any atom is 0.218 e. The second kappa shape index (κ2) is 4.59. The maximum absolute atomic E-state index is 9.36. The monoisotopic (exact) mass is 293 g/mol. The van der Waals surface area contributed by atoms with Gasteiger partial charge >= 0.3 is 0 Å². The Balaban J connectivity index is 1.87. The molecule has 108 valence electrons. The number of rotatable bonds is 2. The zero-order valence-corrected chi connectivity index (χ0v) is 11.3. The molecule has 0 aliphatic rings. The number of aromatic nitrogens is 4. The largest absolute Gasteiger partial charge is 0.508 e. The molecule has 4 aromatic rings. The molecule has 4 rings (SSSR count). The van der Waals surface area contributed by atoms with Gasteiger partial charge in [0.15, 0.2) is 17.2 Å². The molecular formula is C15H11N5O2. The van der Waals surface area contributed by atoms with Crippen molar-refractivity contribution in [3.8, 4) is 28.6 Å². The van der Waals surface area contributed by atoms with E-state index in [0.717, 1.165) is 5.56 Å². The van der Waals surface area contributed by atoms with Crippen molar-refractivity contribution in [2.75, 3.05) is 5.73 Å². The topological polar surface area (TPSA) is 102 Å². The number of phenolic OH excluding ortho intramolecular Hbond substituents is 1. The number of aromatic hydroxyl groups is 1. The van der Waals surface area contributed by atoms with Crippen molar-refractivity contribution in [1.82, 2.24) is 19.6 Å². The van der Waals surface area contributed by atoms with Crippen molar-refractivity contribution in [2.45, 2.75) is 0 Å². The van der Waals surface area contributed by atoms with Crippen molar-refractivity contribution < 1.29 is 9.52 Å². The number of fused-ring (bicyclic) bond motifs is 1. The van der Waals surface area contributed by atoms with E-state index in [1.54, 1.807) is 53.4 Å². The molecule has 1 aromatic carbocycles. The van der Waals surface area contributed by atoms with Gasteiger partial charge in [-0.3, -0.25) is 0 Å². The second-order valence-corrected chi connectivity index (χ2v) is 4.74. The van der Waals surface area contributed by atoms with Crippen LogP contribution in [-0.4, -0.2) is 24.7 Å². The van der Waals surface area contributed by atoms with E-state index in [-0.39, 0.29) is 11.6 Å². The van der Waals surface area contributed by atoms with Crippen LogP contribution in [0.25, 0.3) is 28.5 Å². The van der Waals surface area contributed by atoms with Crippen LogP contribution in [0.3, 0.4) is 0 Å². The van der Waals surface area contributed by atoms with Gasteiger partial charge in [0.25, 0.3) is 0 Å². The second-order valence-electron chi connectivity index (χ2n) is 4.74. The average Bonchev–Trinajstić information content (AvgIpc) is 3.17. The number of nitrogens with zero attached hydrogens (tertiary/aromatic N) is 4. The molecule has 0 atom stereocenters. The quantitative estimate of drug-likeness (QED) is 0.588. The average molecular weight is 293 g/mol. The van der Waals surface area contributed by atoms with Crippen LogP contribution in [0.2, 0.25) is 0 Å². The first-order valence-electron chi connectivity index (χ1n) is 6.57. The number of hydrogen-bond donors (Lipinski definition) is 2. The molecule has 3 aromatic heterocycles. The number of hydrogen-bond acceptors (Lipinski definition) is 6. The Kier molecular flexibility index (Phi) is 2.59. The molecule has 0 saturated carbocycles. The summed E-state index contributed by atoms with van der Waals surface area (Å²) in [6.45, 7) is 0. The molecule has 0 bridgehead atoms. The van der Waals surface area contributed by atoms with Crippen molar-refractivity contribution in [3.63, 3.8) is 0 Å². The smallest absolute Gasteiger partial charge is 0.218 e. The number of anilines is 1. The van der Waals surface area contributed by atoms with Gasteiger partial charge in [-0.2, -0.15) is 0 Å². The van der Waals surface area contributed by atoms with Crippen molar-refractivity contribution >= 4 is 11.5 Å². The highest BCUT2D eigenvalue weighted by Gasteiger charge is 2.13. The summed E-state index contributed by atoms with van der Waals surface area (Å²) < 4.78 is 6.86. The summed E-state index contributed by atoms with van der Waals surface area (Å²) in [4.78, 5) is 8.67. The lowest BCUT2D eigenvalue weighted by Crippen LogP contribution is -1.99. The fourth-order valence-electron chi connectivity index (χ4n) is 2.19. The first-order valence-corrected chi connectivity index (χ1v) is 6.57. The van der Waals surface area contributed by atoms with Gasteiger partial charge in [-0.25, -0.2) is 14.5 Å². The predicted molar refractivity (Wildman–Crippen MR) is 80.0 cm³/mol. The van der Waals surface area contributed by atoms with Crippen LogP contribution in [-0.2, 0) is 0 Å². The lowest BCUT2D eigenvalue weighted by Gasteiger charge is -2.03. The van der Waals surface area contributed by atoms with E-state index in [1.165, 1.54) is 0 Å². The Morgan fingerprint density at radius 3 is 2.64 bits per heavy atom. The molecule has 7 heteroatoms. The third kappa shape index (κ3) is 1.96. The van der Waals surface area contributed by atoms with Crippen molar-refractivity contribution in [2.24, 2.45) is 0 Å². The summed E-state index contributed by atoms with van der Waals surface area (Å²) in [6.07, 6.45) is 3.29. The molecule has 0 radical (unpaired) electrons. The van der Waals surface area contributed by atoms with Crippen LogP contribution in [0.5, 0.6) is 5.75 Å². The SMILES string of the molecule is Nc1nc(-c2ccc(O)cc2)cn2nc(-c3ccco3)nc12. The summed E-state index contributed by atoms with van der Waals surface area (Å²) in [5.74, 6) is 1.48. The Morgan fingerprint density at radius 1 is 1.09 bits per heavy atom. The van der Waals surface area contributed by atoms with E-state index >= 15 is 0 Å². The third-order valence-electron chi connectivity index (χ3n) is 3.25. The number of benzene rings is 1. The van der Waals surface area contributed by atoms with Crippen LogP contribution >= 0.6 is 0 Å². The molecule has 0 spiro atoms. The van der Waals surface area contributed by atoms with E-state index in [0.29, 0.717) is 22.9 Å². The Hall–Kier alpha value is -3.35. The molecule has 7 nitrogen and oxygen atoms in total. The number of nitrogen functional groups attached to an aromatic ring is 1. The van der Waals surface area contributed by atoms with Gasteiger partial charge < -0.3 is 15.3 Å². The van der Waals surface area contributed by atoms with Crippen LogP contribution in [0.4, 0.5) is 5.82 Å². The van der Waals surface area contributed by atoms with Gasteiger partial charge in [0.1, 0.15) is 5.75 Å². The molecule has 3 heterocycles. The lowest BCUT2D eigenvalue weighted by molar-refractivity contribution is 0.475. The van der Waals surface area contributed by atoms with Crippen LogP contribution in [0.15, 0.2) is 53.3 Å². The zero-order valence-electron chi connectivity index (χ0n) is 11.3. The van der Waals surface area contributed by atoms with Crippen LogP contribution in [0, 0.1) is 0 Å². The molecule has 0 aliphatic carbocycles. The fourth-order valence-corrected chi connectivity index (χ4v) is 2.19. The molecule has 0 fully saturated rings. The summed E-state index contributed by atoms with van der Waals surface area (Å²) in [6, 6.07) is 10.2. The minimum atomic E-state index is 0.193. The number of phenols is 1. The van der Waals surface area contributed by atoms with Gasteiger partial charge in [0.05, 0.1) is 18.2 Å². The van der Waals surface area contributed by atoms with E-state index in [2.05, 4.69) is 15.1 Å². The van der Waals surface area contributed by atoms with E-state index < -0.39 is 0 Å². The summed E-state index contributed by atoms with van der Waals surface area (Å²) in [7, 11) is 0. The normalized spacial score (nSPS) is 11.1. The van der Waals surface area contributed by atoms with Gasteiger partial charge in [-0.05, 0) is 36.4 Å². The predicted octanol–water partition coefficient (Wildman–Crippen LogP) is 2.34. The highest BCUT2D eigenvalue weighted by atomic mass is 16.3. The summed E-state index contributed by atoms with van der Waals surface area (Å²) in [5, 5.41) is 13.7. The molecule has 22 heavy (non-hydrogen) atoms. The Morgan fingerprint density at radius 2 is 1.91 bits per heavy atom. The van der Waals surface area contributed by atoms with Gasteiger partial charge in [0.2, 0.25) is 5.82 Å². The number of nitrogens with two attached hydrogens (primary N) is 1. The molecular weight excluding hydrogens is 282 g/mol. The van der Waals surface area contributed by atoms with E-state index in [4.69, 9.17) is 10.2 Å². The van der Waals surface area contributed by atoms with Crippen molar-refractivity contribution in [1.29, 1.82) is 0 Å². The van der Waals surface area contributed by atoms with Crippen LogP contribution in [0.1, 0.15) is 0 Å². The first kappa shape index (κ1) is 12.4. The van der Waals surface area contributed by atoms with Gasteiger partial charge in [-0.15, -0.1) is 5.10 Å². The van der Waals surface area contributed by atoms with Crippen LogP contribution < -0.4 is 5.73 Å². The minimum Gasteiger partial charge on any atom is -0.508 e. The lowest BCUT2D eigenvalue weighted by atomic mass is 10.1. The number of furan rings is 1. The zero-order chi connectivity index (χ0) is 15.1. The first-order chi connectivity index (χ1) is 10.7. The van der Waals surface area contributed by atoms with E-state index in [1.807, 2.05) is 0 Å². The molecule has 0 saturated heterocycles. The Labute approximate surface area is 124 Å². The minimum absolute atomic E-state index is 0.193. The standard InChI is InChI=1S/C15H11N5O2/c16-13-15-18-14(12-2-1-7-22-12)19-20(15)8-11(17-13)9-3-5-10(21)6-4-9/h1-8,21H,(H2,16,17).